The second-order valence-electron chi connectivity index (χ2n) is 9.52. The molecule has 0 spiro atoms. The van der Waals surface area contributed by atoms with E-state index in [0.29, 0.717) is 12.2 Å². The van der Waals surface area contributed by atoms with Gasteiger partial charge >= 0.3 is 6.09 Å². The van der Waals surface area contributed by atoms with Crippen molar-refractivity contribution in [3.63, 3.8) is 0 Å². The molecule has 1 amide bonds. The molecule has 3 aliphatic rings. The molecule has 168 valence electrons. The number of nitriles is 1. The van der Waals surface area contributed by atoms with E-state index in [1.165, 1.54) is 33.4 Å². The first-order valence-corrected chi connectivity index (χ1v) is 12.0. The Bertz CT molecular complexity index is 1270. The Morgan fingerprint density at radius 3 is 2.26 bits per heavy atom. The van der Waals surface area contributed by atoms with Crippen LogP contribution < -0.4 is 0 Å². The molecule has 1 saturated heterocycles. The van der Waals surface area contributed by atoms with Crippen LogP contribution in [-0.4, -0.2) is 29.7 Å². The van der Waals surface area contributed by atoms with Gasteiger partial charge in [-0.25, -0.2) is 4.79 Å². The predicted molar refractivity (Wildman–Crippen MR) is 131 cm³/mol. The lowest BCUT2D eigenvalue weighted by Crippen LogP contribution is -2.44. The smallest absolute Gasteiger partial charge is 0.410 e. The van der Waals surface area contributed by atoms with Crippen LogP contribution in [0.15, 0.2) is 84.4 Å². The summed E-state index contributed by atoms with van der Waals surface area (Å²) in [5.41, 5.74) is 8.23. The van der Waals surface area contributed by atoms with Gasteiger partial charge in [0.05, 0.1) is 17.7 Å². The van der Waals surface area contributed by atoms with Crippen LogP contribution in [0.2, 0.25) is 0 Å². The Hall–Kier alpha value is -3.84. The molecule has 2 aliphatic heterocycles. The third-order valence-electron chi connectivity index (χ3n) is 7.53. The van der Waals surface area contributed by atoms with Crippen molar-refractivity contribution < 1.29 is 9.53 Å². The molecule has 1 aliphatic carbocycles. The summed E-state index contributed by atoms with van der Waals surface area (Å²) >= 11 is 0. The lowest BCUT2D eigenvalue weighted by molar-refractivity contribution is 0.0849. The first kappa shape index (κ1) is 20.7. The van der Waals surface area contributed by atoms with Crippen molar-refractivity contribution in [2.24, 2.45) is 0 Å². The van der Waals surface area contributed by atoms with Crippen molar-refractivity contribution in [2.75, 3.05) is 6.61 Å². The monoisotopic (exact) mass is 446 g/mol. The summed E-state index contributed by atoms with van der Waals surface area (Å²) in [5.74, 6) is 0.0845. The number of rotatable bonds is 4. The summed E-state index contributed by atoms with van der Waals surface area (Å²) in [6.07, 6.45) is 5.85. The van der Waals surface area contributed by atoms with Crippen LogP contribution in [0.1, 0.15) is 47.4 Å². The van der Waals surface area contributed by atoms with Gasteiger partial charge in [0, 0.05) is 12.0 Å². The highest BCUT2D eigenvalue weighted by molar-refractivity contribution is 5.79. The van der Waals surface area contributed by atoms with Gasteiger partial charge in [0.1, 0.15) is 6.61 Å². The first-order valence-electron chi connectivity index (χ1n) is 12.0. The van der Waals surface area contributed by atoms with E-state index in [-0.39, 0.29) is 24.1 Å². The van der Waals surface area contributed by atoms with E-state index < -0.39 is 0 Å². The van der Waals surface area contributed by atoms with Gasteiger partial charge in [0.2, 0.25) is 0 Å². The Morgan fingerprint density at radius 2 is 1.62 bits per heavy atom. The molecule has 6 rings (SSSR count). The van der Waals surface area contributed by atoms with Crippen LogP contribution in [0.3, 0.4) is 0 Å². The number of hydrogen-bond donors (Lipinski definition) is 0. The number of ether oxygens (including phenoxy) is 1. The summed E-state index contributed by atoms with van der Waals surface area (Å²) in [6, 6.07) is 27.1. The molecule has 4 nitrogen and oxygen atoms in total. The summed E-state index contributed by atoms with van der Waals surface area (Å²) in [6.45, 7) is 0.366. The molecule has 2 unspecified atom stereocenters. The van der Waals surface area contributed by atoms with Crippen LogP contribution in [0, 0.1) is 11.3 Å². The van der Waals surface area contributed by atoms with Crippen molar-refractivity contribution in [2.45, 2.75) is 43.7 Å². The number of carbonyl (C=O) groups excluding carboxylic acids is 1. The molecule has 2 heterocycles. The number of amides is 1. The van der Waals surface area contributed by atoms with Gasteiger partial charge in [-0.3, -0.25) is 4.90 Å². The fourth-order valence-corrected chi connectivity index (χ4v) is 5.96. The molecule has 34 heavy (non-hydrogen) atoms. The summed E-state index contributed by atoms with van der Waals surface area (Å²) < 4.78 is 5.97. The average Bonchev–Trinajstić information content (AvgIpc) is 3.34. The molecule has 0 saturated carbocycles. The number of nitrogens with zero attached hydrogens (tertiary/aromatic N) is 2. The lowest BCUT2D eigenvalue weighted by atomic mass is 9.95. The third kappa shape index (κ3) is 3.58. The van der Waals surface area contributed by atoms with Crippen molar-refractivity contribution in [3.05, 3.63) is 107 Å². The summed E-state index contributed by atoms with van der Waals surface area (Å²) in [4.78, 5) is 15.2. The van der Waals surface area contributed by atoms with E-state index >= 15 is 0 Å². The van der Waals surface area contributed by atoms with Gasteiger partial charge < -0.3 is 4.74 Å². The van der Waals surface area contributed by atoms with Crippen LogP contribution in [-0.2, 0) is 11.2 Å². The first-order chi connectivity index (χ1) is 16.7. The fraction of sp³-hybridized carbons (Fsp3) is 0.267. The molecule has 0 aromatic heterocycles. The minimum atomic E-state index is -0.192. The van der Waals surface area contributed by atoms with E-state index in [2.05, 4.69) is 60.7 Å². The van der Waals surface area contributed by atoms with Gasteiger partial charge in [0.25, 0.3) is 0 Å². The second-order valence-corrected chi connectivity index (χ2v) is 9.52. The average molecular weight is 447 g/mol. The quantitative estimate of drug-likeness (QED) is 0.448. The maximum absolute atomic E-state index is 13.2. The standard InChI is InChI=1S/C30H26N2O2/c31-18-21-11-9-20(10-12-21)15-22-16-23-13-14-24(17-22)32(23)30(33)34-19-29-27-7-3-1-5-25(27)26-6-2-4-8-28(26)29/h1-12,16,23-24,29H,13-15,17,19H2. The Morgan fingerprint density at radius 1 is 0.941 bits per heavy atom. The van der Waals surface area contributed by atoms with Crippen LogP contribution in [0.25, 0.3) is 11.1 Å². The highest BCUT2D eigenvalue weighted by atomic mass is 16.6. The molecule has 1 fully saturated rings. The maximum atomic E-state index is 13.2. The Labute approximate surface area is 200 Å². The Kier molecular flexibility index (Phi) is 5.19. The van der Waals surface area contributed by atoms with Crippen molar-refractivity contribution in [1.29, 1.82) is 5.26 Å². The van der Waals surface area contributed by atoms with Gasteiger partial charge in [0.15, 0.2) is 0 Å². The van der Waals surface area contributed by atoms with Gasteiger partial charge in [-0.2, -0.15) is 5.26 Å². The molecule has 3 aromatic carbocycles. The van der Waals surface area contributed by atoms with Crippen LogP contribution in [0.4, 0.5) is 4.79 Å². The van der Waals surface area contributed by atoms with E-state index in [1.807, 2.05) is 29.2 Å². The normalized spacial score (nSPS) is 20.3. The fourth-order valence-electron chi connectivity index (χ4n) is 5.96. The molecule has 2 atom stereocenters. The predicted octanol–water partition coefficient (Wildman–Crippen LogP) is 6.21. The van der Waals surface area contributed by atoms with Crippen molar-refractivity contribution in [3.8, 4) is 17.2 Å². The second kappa shape index (κ2) is 8.50. The van der Waals surface area contributed by atoms with E-state index in [1.54, 1.807) is 0 Å². The number of hydrogen-bond acceptors (Lipinski definition) is 3. The summed E-state index contributed by atoms with van der Waals surface area (Å²) in [7, 11) is 0. The van der Waals surface area contributed by atoms with Crippen molar-refractivity contribution >= 4 is 6.09 Å². The highest BCUT2D eigenvalue weighted by Crippen LogP contribution is 2.45. The molecule has 4 heteroatoms. The summed E-state index contributed by atoms with van der Waals surface area (Å²) in [5, 5.41) is 9.01. The lowest BCUT2D eigenvalue weighted by Gasteiger charge is -2.33. The van der Waals surface area contributed by atoms with Crippen LogP contribution in [0.5, 0.6) is 0 Å². The van der Waals surface area contributed by atoms with Gasteiger partial charge in [-0.1, -0.05) is 72.3 Å². The molecular formula is C30H26N2O2. The van der Waals surface area contributed by atoms with Crippen LogP contribution >= 0.6 is 0 Å². The number of carbonyl (C=O) groups is 1. The van der Waals surface area contributed by atoms with Gasteiger partial charge in [-0.05, 0) is 65.6 Å². The zero-order valence-electron chi connectivity index (χ0n) is 19.0. The zero-order chi connectivity index (χ0) is 23.1. The molecule has 2 bridgehead atoms. The minimum Gasteiger partial charge on any atom is -0.448 e. The van der Waals surface area contributed by atoms with E-state index in [4.69, 9.17) is 10.00 Å². The molecule has 0 N–H and O–H groups in total. The van der Waals surface area contributed by atoms with Gasteiger partial charge in [-0.15, -0.1) is 0 Å². The third-order valence-corrected chi connectivity index (χ3v) is 7.53. The largest absolute Gasteiger partial charge is 0.448 e. The van der Waals surface area contributed by atoms with Crippen molar-refractivity contribution in [1.82, 2.24) is 4.90 Å². The van der Waals surface area contributed by atoms with E-state index in [0.717, 1.165) is 25.7 Å². The molecule has 0 radical (unpaired) electrons. The maximum Gasteiger partial charge on any atom is 0.410 e. The molecular weight excluding hydrogens is 420 g/mol. The number of fused-ring (bicyclic) bond motifs is 5. The topological polar surface area (TPSA) is 53.3 Å². The minimum absolute atomic E-state index is 0.0845. The Balaban J connectivity index is 1.15. The SMILES string of the molecule is N#Cc1ccc(CC2=CC3CCC(C2)N3C(=O)OCC2c3ccccc3-c3ccccc32)cc1. The highest BCUT2D eigenvalue weighted by Gasteiger charge is 2.41. The zero-order valence-corrected chi connectivity index (χ0v) is 19.0. The molecule has 3 aromatic rings. The number of benzene rings is 3. The van der Waals surface area contributed by atoms with E-state index in [9.17, 15) is 4.79 Å².